The molecule has 26 heavy (non-hydrogen) atoms. The first-order valence-corrected chi connectivity index (χ1v) is 7.49. The van der Waals surface area contributed by atoms with E-state index in [1.165, 1.54) is 0 Å². The normalized spacial score (nSPS) is 10.0. The summed E-state index contributed by atoms with van der Waals surface area (Å²) in [5.74, 6) is 2.28. The van der Waals surface area contributed by atoms with Crippen molar-refractivity contribution in [2.45, 2.75) is 0 Å². The standard InChI is InChI=1S/C18H18N3O4.Na.H/c1-22-13-7-5-11(6-8-13)16-17(20-21-19-16)12-9-14(23-2)18(25-4)15(10-12)24-3;;/h5-7,9-10H,1-4H3,(H,19,20,21);;. The van der Waals surface area contributed by atoms with E-state index in [4.69, 9.17) is 18.9 Å². The van der Waals surface area contributed by atoms with Crippen LogP contribution in [0.1, 0.15) is 0 Å². The average molecular weight is 364 g/mol. The Morgan fingerprint density at radius 2 is 1.58 bits per heavy atom. The van der Waals surface area contributed by atoms with Crippen LogP contribution in [-0.2, 0) is 0 Å². The molecule has 1 radical (unpaired) electrons. The monoisotopic (exact) mass is 364 g/mol. The molecule has 0 saturated heterocycles. The maximum atomic E-state index is 5.41. The molecule has 1 N–H and O–H groups in total. The van der Waals surface area contributed by atoms with Gasteiger partial charge in [-0.3, -0.25) is 5.10 Å². The fourth-order valence-corrected chi connectivity index (χ4v) is 2.54. The van der Waals surface area contributed by atoms with E-state index >= 15 is 0 Å². The first-order chi connectivity index (χ1) is 12.2. The molecule has 1 heterocycles. The van der Waals surface area contributed by atoms with Crippen LogP contribution in [0.3, 0.4) is 0 Å². The van der Waals surface area contributed by atoms with Crippen LogP contribution in [-0.4, -0.2) is 73.4 Å². The Morgan fingerprint density at radius 3 is 2.08 bits per heavy atom. The predicted molar refractivity (Wildman–Crippen MR) is 99.4 cm³/mol. The molecule has 1 aromatic heterocycles. The number of aromatic amines is 1. The number of aromatic nitrogens is 3. The van der Waals surface area contributed by atoms with E-state index in [0.717, 1.165) is 16.8 Å². The summed E-state index contributed by atoms with van der Waals surface area (Å²) < 4.78 is 21.3. The van der Waals surface area contributed by atoms with Gasteiger partial charge in [-0.15, -0.1) is 5.10 Å². The van der Waals surface area contributed by atoms with Crippen molar-refractivity contribution >= 4 is 29.6 Å². The zero-order chi connectivity index (χ0) is 17.8. The fraction of sp³-hybridized carbons (Fsp3) is 0.222. The van der Waals surface area contributed by atoms with Crippen LogP contribution in [0.5, 0.6) is 23.0 Å². The molecule has 3 aromatic rings. The van der Waals surface area contributed by atoms with Crippen molar-refractivity contribution in [1.82, 2.24) is 15.4 Å². The SMILES string of the molecule is COc1[c]cc(-c2[nH]nnc2-c2cc(OC)c(OC)c(OC)c2)cc1.[NaH]. The van der Waals surface area contributed by atoms with Gasteiger partial charge in [0, 0.05) is 17.2 Å². The molecule has 3 rings (SSSR count). The van der Waals surface area contributed by atoms with Crippen molar-refractivity contribution in [1.29, 1.82) is 0 Å². The van der Waals surface area contributed by atoms with Gasteiger partial charge in [-0.05, 0) is 30.3 Å². The first-order valence-electron chi connectivity index (χ1n) is 7.49. The molecule has 0 aliphatic rings. The third-order valence-electron chi connectivity index (χ3n) is 3.78. The molecule has 131 valence electrons. The van der Waals surface area contributed by atoms with Gasteiger partial charge in [0.25, 0.3) is 0 Å². The van der Waals surface area contributed by atoms with Crippen LogP contribution in [0.25, 0.3) is 22.5 Å². The number of benzene rings is 2. The number of rotatable bonds is 6. The van der Waals surface area contributed by atoms with E-state index in [-0.39, 0.29) is 29.6 Å². The van der Waals surface area contributed by atoms with E-state index in [1.54, 1.807) is 28.4 Å². The number of nitrogens with one attached hydrogen (secondary N) is 1. The van der Waals surface area contributed by atoms with Gasteiger partial charge < -0.3 is 18.9 Å². The van der Waals surface area contributed by atoms with Gasteiger partial charge in [0.15, 0.2) is 11.5 Å². The molecule has 0 fully saturated rings. The van der Waals surface area contributed by atoms with Crippen molar-refractivity contribution in [2.24, 2.45) is 0 Å². The summed E-state index contributed by atoms with van der Waals surface area (Å²) in [6.07, 6.45) is 0. The average Bonchev–Trinajstić information content (AvgIpc) is 3.16. The van der Waals surface area contributed by atoms with E-state index in [9.17, 15) is 0 Å². The van der Waals surface area contributed by atoms with Gasteiger partial charge in [-0.25, -0.2) is 0 Å². The summed E-state index contributed by atoms with van der Waals surface area (Å²) in [5, 5.41) is 11.1. The second kappa shape index (κ2) is 8.93. The Morgan fingerprint density at radius 1 is 0.885 bits per heavy atom. The molecule has 0 saturated carbocycles. The van der Waals surface area contributed by atoms with Crippen molar-refractivity contribution < 1.29 is 18.9 Å². The summed E-state index contributed by atoms with van der Waals surface area (Å²) in [6, 6.07) is 12.3. The molecule has 7 nitrogen and oxygen atoms in total. The van der Waals surface area contributed by atoms with Gasteiger partial charge in [0.2, 0.25) is 5.75 Å². The molecule has 0 atom stereocenters. The Kier molecular flexibility index (Phi) is 6.90. The number of hydrogen-bond donors (Lipinski definition) is 1. The van der Waals surface area contributed by atoms with Crippen LogP contribution in [0.2, 0.25) is 0 Å². The first kappa shape index (κ1) is 20.1. The van der Waals surface area contributed by atoms with Crippen LogP contribution < -0.4 is 18.9 Å². The second-order valence-electron chi connectivity index (χ2n) is 5.10. The molecular weight excluding hydrogens is 345 g/mol. The Hall–Kier alpha value is -2.22. The van der Waals surface area contributed by atoms with Gasteiger partial charge in [-0.2, -0.15) is 0 Å². The Balaban J connectivity index is 0.00000243. The minimum absolute atomic E-state index is 0. The molecule has 0 amide bonds. The molecule has 0 aliphatic heterocycles. The van der Waals surface area contributed by atoms with Crippen LogP contribution in [0.15, 0.2) is 30.3 Å². The third kappa shape index (κ3) is 3.80. The van der Waals surface area contributed by atoms with Crippen molar-refractivity contribution in [2.75, 3.05) is 28.4 Å². The summed E-state index contributed by atoms with van der Waals surface area (Å²) in [7, 11) is 6.31. The molecule has 0 bridgehead atoms. The zero-order valence-electron chi connectivity index (χ0n) is 14.4. The van der Waals surface area contributed by atoms with Crippen molar-refractivity contribution in [3.63, 3.8) is 0 Å². The van der Waals surface area contributed by atoms with Crippen LogP contribution >= 0.6 is 0 Å². The molecule has 0 spiro atoms. The van der Waals surface area contributed by atoms with E-state index in [2.05, 4.69) is 21.5 Å². The van der Waals surface area contributed by atoms with E-state index in [1.807, 2.05) is 30.3 Å². The van der Waals surface area contributed by atoms with Gasteiger partial charge in [-0.1, -0.05) is 5.21 Å². The number of nitrogens with zero attached hydrogens (tertiary/aromatic N) is 2. The molecule has 0 unspecified atom stereocenters. The minimum atomic E-state index is 0. The van der Waals surface area contributed by atoms with E-state index < -0.39 is 0 Å². The molecule has 8 heteroatoms. The van der Waals surface area contributed by atoms with Crippen LogP contribution in [0.4, 0.5) is 0 Å². The summed E-state index contributed by atoms with van der Waals surface area (Å²) >= 11 is 0. The molecule has 0 aliphatic carbocycles. The topological polar surface area (TPSA) is 78.5 Å². The zero-order valence-corrected chi connectivity index (χ0v) is 14.4. The third-order valence-corrected chi connectivity index (χ3v) is 3.78. The van der Waals surface area contributed by atoms with Crippen molar-refractivity contribution in [3.8, 4) is 45.5 Å². The maximum absolute atomic E-state index is 5.41. The summed E-state index contributed by atoms with van der Waals surface area (Å²) in [6.45, 7) is 0. The summed E-state index contributed by atoms with van der Waals surface area (Å²) in [5.41, 5.74) is 3.09. The quantitative estimate of drug-likeness (QED) is 0.677. The predicted octanol–water partition coefficient (Wildman–Crippen LogP) is 2.32. The number of ether oxygens (including phenoxy) is 4. The number of H-pyrrole nitrogens is 1. The van der Waals surface area contributed by atoms with E-state index in [0.29, 0.717) is 28.7 Å². The number of hydrogen-bond acceptors (Lipinski definition) is 6. The van der Waals surface area contributed by atoms with Crippen LogP contribution in [0, 0.1) is 6.07 Å². The Bertz CT molecular complexity index is 840. The van der Waals surface area contributed by atoms with Crippen molar-refractivity contribution in [3.05, 3.63) is 36.4 Å². The fourth-order valence-electron chi connectivity index (χ4n) is 2.54. The second-order valence-corrected chi connectivity index (χ2v) is 5.10. The summed E-state index contributed by atoms with van der Waals surface area (Å²) in [4.78, 5) is 0. The number of methoxy groups -OCH3 is 4. The van der Waals surface area contributed by atoms with Gasteiger partial charge >= 0.3 is 29.6 Å². The van der Waals surface area contributed by atoms with Gasteiger partial charge in [0.05, 0.1) is 34.1 Å². The van der Waals surface area contributed by atoms with Gasteiger partial charge in [0.1, 0.15) is 11.4 Å². The molecular formula is C18H19N3NaO4. The Labute approximate surface area is 173 Å². The molecule has 2 aromatic carbocycles.